The minimum atomic E-state index is -3.22. The Morgan fingerprint density at radius 2 is 1.40 bits per heavy atom. The summed E-state index contributed by atoms with van der Waals surface area (Å²) in [5.74, 6) is 0.442. The highest BCUT2D eigenvalue weighted by molar-refractivity contribution is 7.90. The van der Waals surface area contributed by atoms with Gasteiger partial charge in [-0.3, -0.25) is 0 Å². The van der Waals surface area contributed by atoms with Gasteiger partial charge >= 0.3 is 6.03 Å². The Labute approximate surface area is 149 Å². The third kappa shape index (κ3) is 5.32. The van der Waals surface area contributed by atoms with Crippen LogP contribution in [0, 0.1) is 0 Å². The molecule has 0 saturated carbocycles. The smallest absolute Gasteiger partial charge is 0.319 e. The maximum atomic E-state index is 12.1. The van der Waals surface area contributed by atoms with E-state index in [-0.39, 0.29) is 17.0 Å². The Balaban J connectivity index is 1.97. The van der Waals surface area contributed by atoms with Crippen molar-refractivity contribution in [3.05, 3.63) is 59.7 Å². The number of hydrogen-bond donors (Lipinski definition) is 2. The molecule has 0 aromatic heterocycles. The molecule has 0 bridgehead atoms. The summed E-state index contributed by atoms with van der Waals surface area (Å²) in [6.07, 6.45) is 1.17. The van der Waals surface area contributed by atoms with Crippen LogP contribution in [-0.4, -0.2) is 20.7 Å². The van der Waals surface area contributed by atoms with Gasteiger partial charge in [0.25, 0.3) is 0 Å². The van der Waals surface area contributed by atoms with Gasteiger partial charge in [-0.05, 0) is 48.2 Å². The molecule has 0 aliphatic heterocycles. The lowest BCUT2D eigenvalue weighted by atomic mass is 10.0. The van der Waals surface area contributed by atoms with Crippen molar-refractivity contribution in [1.82, 2.24) is 5.32 Å². The second-order valence-electron chi connectivity index (χ2n) is 6.44. The number of sulfone groups is 1. The lowest BCUT2D eigenvalue weighted by molar-refractivity contribution is 0.249. The van der Waals surface area contributed by atoms with Crippen LogP contribution in [0.15, 0.2) is 53.4 Å². The summed E-state index contributed by atoms with van der Waals surface area (Å²) < 4.78 is 23.0. The molecule has 2 amide bonds. The fraction of sp³-hybridized carbons (Fsp3) is 0.316. The molecule has 134 valence electrons. The molecule has 0 saturated heterocycles. The first-order chi connectivity index (χ1) is 11.7. The van der Waals surface area contributed by atoms with Gasteiger partial charge in [-0.25, -0.2) is 13.2 Å². The van der Waals surface area contributed by atoms with E-state index in [9.17, 15) is 13.2 Å². The highest BCUT2D eigenvalue weighted by Gasteiger charge is 2.12. The summed E-state index contributed by atoms with van der Waals surface area (Å²) in [6.45, 7) is 6.08. The molecule has 0 spiro atoms. The van der Waals surface area contributed by atoms with Crippen LogP contribution in [-0.2, 0) is 9.84 Å². The molecule has 6 heteroatoms. The highest BCUT2D eigenvalue weighted by atomic mass is 32.2. The van der Waals surface area contributed by atoms with Crippen molar-refractivity contribution >= 4 is 21.6 Å². The Morgan fingerprint density at radius 1 is 0.880 bits per heavy atom. The summed E-state index contributed by atoms with van der Waals surface area (Å²) in [7, 11) is -3.22. The van der Waals surface area contributed by atoms with Gasteiger partial charge < -0.3 is 10.6 Å². The van der Waals surface area contributed by atoms with E-state index < -0.39 is 9.84 Å². The number of amides is 2. The Hall–Kier alpha value is -2.34. The first-order valence-corrected chi connectivity index (χ1v) is 10.0. The average molecular weight is 360 g/mol. The minimum Gasteiger partial charge on any atom is -0.331 e. The van der Waals surface area contributed by atoms with Crippen LogP contribution in [0.2, 0.25) is 0 Å². The molecule has 0 heterocycles. The first kappa shape index (κ1) is 19.0. The summed E-state index contributed by atoms with van der Waals surface area (Å²) in [5, 5.41) is 5.64. The van der Waals surface area contributed by atoms with E-state index in [1.54, 1.807) is 24.3 Å². The van der Waals surface area contributed by atoms with Crippen molar-refractivity contribution in [1.29, 1.82) is 0 Å². The summed E-state index contributed by atoms with van der Waals surface area (Å²) in [4.78, 5) is 12.4. The zero-order chi connectivity index (χ0) is 18.6. The molecule has 0 aliphatic carbocycles. The summed E-state index contributed by atoms with van der Waals surface area (Å²) in [5.41, 5.74) is 2.77. The van der Waals surface area contributed by atoms with Crippen molar-refractivity contribution < 1.29 is 13.2 Å². The molecule has 0 fully saturated rings. The number of hydrogen-bond acceptors (Lipinski definition) is 3. The van der Waals surface area contributed by atoms with Crippen LogP contribution in [0.3, 0.4) is 0 Å². The molecule has 2 rings (SSSR count). The zero-order valence-corrected chi connectivity index (χ0v) is 15.7. The third-order valence-corrected chi connectivity index (χ3v) is 5.12. The van der Waals surface area contributed by atoms with E-state index >= 15 is 0 Å². The van der Waals surface area contributed by atoms with Gasteiger partial charge in [0.15, 0.2) is 9.84 Å². The van der Waals surface area contributed by atoms with Crippen LogP contribution in [0.4, 0.5) is 10.5 Å². The Kier molecular flexibility index (Phi) is 5.85. The Bertz CT molecular complexity index is 826. The number of nitrogens with one attached hydrogen (secondary N) is 2. The lowest BCUT2D eigenvalue weighted by Crippen LogP contribution is -2.31. The highest BCUT2D eigenvalue weighted by Crippen LogP contribution is 2.18. The van der Waals surface area contributed by atoms with E-state index in [0.717, 1.165) is 11.3 Å². The molecular weight excluding hydrogens is 336 g/mol. The quantitative estimate of drug-likeness (QED) is 0.843. The van der Waals surface area contributed by atoms with Crippen LogP contribution in [0.25, 0.3) is 0 Å². The average Bonchev–Trinajstić information content (AvgIpc) is 2.54. The van der Waals surface area contributed by atoms with Gasteiger partial charge in [-0.15, -0.1) is 0 Å². The fourth-order valence-corrected chi connectivity index (χ4v) is 3.03. The van der Waals surface area contributed by atoms with Crippen molar-refractivity contribution in [2.45, 2.75) is 37.6 Å². The fourth-order valence-electron chi connectivity index (χ4n) is 2.40. The predicted molar refractivity (Wildman–Crippen MR) is 101 cm³/mol. The molecule has 2 N–H and O–H groups in total. The van der Waals surface area contributed by atoms with Crippen LogP contribution >= 0.6 is 0 Å². The van der Waals surface area contributed by atoms with E-state index in [1.165, 1.54) is 11.8 Å². The van der Waals surface area contributed by atoms with Crippen molar-refractivity contribution in [2.24, 2.45) is 0 Å². The normalized spacial score (nSPS) is 12.7. The maximum absolute atomic E-state index is 12.1. The van der Waals surface area contributed by atoms with E-state index in [2.05, 4.69) is 24.5 Å². The van der Waals surface area contributed by atoms with Crippen molar-refractivity contribution in [3.8, 4) is 0 Å². The van der Waals surface area contributed by atoms with Gasteiger partial charge in [-0.2, -0.15) is 0 Å². The van der Waals surface area contributed by atoms with E-state index in [0.29, 0.717) is 5.92 Å². The molecule has 0 aliphatic rings. The van der Waals surface area contributed by atoms with E-state index in [1.807, 2.05) is 31.2 Å². The zero-order valence-electron chi connectivity index (χ0n) is 14.9. The predicted octanol–water partition coefficient (Wildman–Crippen LogP) is 4.10. The second kappa shape index (κ2) is 7.70. The number of carbonyl (C=O) groups is 1. The largest absolute Gasteiger partial charge is 0.331 e. The van der Waals surface area contributed by atoms with Gasteiger partial charge in [0, 0.05) is 11.9 Å². The number of anilines is 1. The molecule has 5 nitrogen and oxygen atoms in total. The van der Waals surface area contributed by atoms with Crippen LogP contribution < -0.4 is 10.6 Å². The topological polar surface area (TPSA) is 75.3 Å². The Morgan fingerprint density at radius 3 is 1.88 bits per heavy atom. The van der Waals surface area contributed by atoms with Crippen LogP contribution in [0.1, 0.15) is 43.9 Å². The van der Waals surface area contributed by atoms with Gasteiger partial charge in [0.05, 0.1) is 10.9 Å². The molecular formula is C19H24N2O3S. The molecule has 1 unspecified atom stereocenters. The van der Waals surface area contributed by atoms with Crippen molar-refractivity contribution in [2.75, 3.05) is 11.6 Å². The number of rotatable bonds is 5. The van der Waals surface area contributed by atoms with Crippen molar-refractivity contribution in [3.63, 3.8) is 0 Å². The number of benzene rings is 2. The van der Waals surface area contributed by atoms with E-state index in [4.69, 9.17) is 0 Å². The third-order valence-electron chi connectivity index (χ3n) is 3.99. The monoisotopic (exact) mass is 360 g/mol. The molecule has 2 aromatic rings. The summed E-state index contributed by atoms with van der Waals surface area (Å²) >= 11 is 0. The molecule has 25 heavy (non-hydrogen) atoms. The van der Waals surface area contributed by atoms with Gasteiger partial charge in [0.1, 0.15) is 0 Å². The summed E-state index contributed by atoms with van der Waals surface area (Å²) in [6, 6.07) is 13.7. The molecule has 2 aromatic carbocycles. The molecule has 0 radical (unpaired) electrons. The SMILES string of the molecule is CC(C)c1ccc(NC(=O)NC(C)c2ccc(S(C)(=O)=O)cc2)cc1. The standard InChI is InChI=1S/C19H24N2O3S/c1-13(2)15-5-9-17(10-6-15)21-19(22)20-14(3)16-7-11-18(12-8-16)25(4,23)24/h5-14H,1-4H3,(H2,20,21,22). The lowest BCUT2D eigenvalue weighted by Gasteiger charge is -2.16. The van der Waals surface area contributed by atoms with Crippen LogP contribution in [0.5, 0.6) is 0 Å². The van der Waals surface area contributed by atoms with Gasteiger partial charge in [-0.1, -0.05) is 38.1 Å². The minimum absolute atomic E-state index is 0.247. The van der Waals surface area contributed by atoms with Gasteiger partial charge in [0.2, 0.25) is 0 Å². The maximum Gasteiger partial charge on any atom is 0.319 e. The molecule has 1 atom stereocenters. The second-order valence-corrected chi connectivity index (χ2v) is 8.45. The number of carbonyl (C=O) groups excluding carboxylic acids is 1. The number of urea groups is 1. The first-order valence-electron chi connectivity index (χ1n) is 8.14.